The average Bonchev–Trinajstić information content (AvgIpc) is 2.63. The summed E-state index contributed by atoms with van der Waals surface area (Å²) in [6.07, 6.45) is 0. The molecule has 2 N–H and O–H groups in total. The van der Waals surface area contributed by atoms with Crippen molar-refractivity contribution >= 4 is 5.96 Å². The summed E-state index contributed by atoms with van der Waals surface area (Å²) in [5.74, 6) is 1.76. The van der Waals surface area contributed by atoms with Crippen LogP contribution in [0.2, 0.25) is 0 Å². The van der Waals surface area contributed by atoms with E-state index in [4.69, 9.17) is 4.74 Å². The van der Waals surface area contributed by atoms with E-state index in [2.05, 4.69) is 45.5 Å². The number of nitrogens with one attached hydrogen (secondary N) is 2. The molecular formula is C19H33N5O. The van der Waals surface area contributed by atoms with Crippen molar-refractivity contribution in [3.63, 3.8) is 0 Å². The van der Waals surface area contributed by atoms with Gasteiger partial charge >= 0.3 is 0 Å². The molecule has 1 aliphatic heterocycles. The number of rotatable bonds is 7. The van der Waals surface area contributed by atoms with Crippen molar-refractivity contribution in [3.05, 3.63) is 29.8 Å². The Morgan fingerprint density at radius 3 is 2.60 bits per heavy atom. The lowest BCUT2D eigenvalue weighted by atomic mass is 10.2. The molecule has 1 atom stereocenters. The summed E-state index contributed by atoms with van der Waals surface area (Å²) in [6, 6.07) is 8.61. The largest absolute Gasteiger partial charge is 0.494 e. The van der Waals surface area contributed by atoms with E-state index in [1.54, 1.807) is 0 Å². The van der Waals surface area contributed by atoms with Gasteiger partial charge in [-0.1, -0.05) is 18.2 Å². The Kier molecular flexibility index (Phi) is 8.01. The van der Waals surface area contributed by atoms with E-state index in [1.807, 2.05) is 32.2 Å². The fourth-order valence-corrected chi connectivity index (χ4v) is 2.98. The molecule has 0 aromatic heterocycles. The smallest absolute Gasteiger partial charge is 0.191 e. The zero-order chi connectivity index (χ0) is 18.1. The molecule has 1 heterocycles. The average molecular weight is 348 g/mol. The number of aliphatic imine (C=N–C) groups is 1. The molecule has 1 aromatic carbocycles. The van der Waals surface area contributed by atoms with Crippen LogP contribution in [0.4, 0.5) is 0 Å². The van der Waals surface area contributed by atoms with Gasteiger partial charge in [-0.15, -0.1) is 0 Å². The van der Waals surface area contributed by atoms with Gasteiger partial charge in [0.25, 0.3) is 0 Å². The van der Waals surface area contributed by atoms with Crippen molar-refractivity contribution in [2.75, 3.05) is 53.4 Å². The Labute approximate surface area is 152 Å². The zero-order valence-electron chi connectivity index (χ0n) is 16.1. The molecule has 0 bridgehead atoms. The van der Waals surface area contributed by atoms with Crippen LogP contribution in [0.15, 0.2) is 29.3 Å². The minimum Gasteiger partial charge on any atom is -0.494 e. The van der Waals surface area contributed by atoms with E-state index in [0.717, 1.165) is 50.0 Å². The summed E-state index contributed by atoms with van der Waals surface area (Å²) in [7, 11) is 4.00. The van der Waals surface area contributed by atoms with E-state index < -0.39 is 0 Å². The first-order valence-corrected chi connectivity index (χ1v) is 9.21. The fourth-order valence-electron chi connectivity index (χ4n) is 2.98. The van der Waals surface area contributed by atoms with Crippen molar-refractivity contribution < 1.29 is 4.74 Å². The Morgan fingerprint density at radius 2 is 1.92 bits per heavy atom. The van der Waals surface area contributed by atoms with Crippen LogP contribution in [0.3, 0.4) is 0 Å². The van der Waals surface area contributed by atoms with Gasteiger partial charge in [-0.05, 0) is 27.0 Å². The highest BCUT2D eigenvalue weighted by Gasteiger charge is 2.19. The molecule has 6 nitrogen and oxygen atoms in total. The maximum atomic E-state index is 5.68. The van der Waals surface area contributed by atoms with E-state index in [1.165, 1.54) is 0 Å². The highest BCUT2D eigenvalue weighted by Crippen LogP contribution is 2.17. The second kappa shape index (κ2) is 10.3. The Bertz CT molecular complexity index is 540. The van der Waals surface area contributed by atoms with E-state index >= 15 is 0 Å². The van der Waals surface area contributed by atoms with Crippen LogP contribution in [0.25, 0.3) is 0 Å². The first-order valence-electron chi connectivity index (χ1n) is 9.21. The first kappa shape index (κ1) is 19.5. The van der Waals surface area contributed by atoms with Crippen molar-refractivity contribution in [1.82, 2.24) is 20.4 Å². The lowest BCUT2D eigenvalue weighted by Gasteiger charge is -2.36. The monoisotopic (exact) mass is 347 g/mol. The zero-order valence-corrected chi connectivity index (χ0v) is 16.1. The number of hydrogen-bond donors (Lipinski definition) is 2. The number of hydrogen-bond acceptors (Lipinski definition) is 4. The van der Waals surface area contributed by atoms with Crippen molar-refractivity contribution in [2.24, 2.45) is 4.99 Å². The molecule has 0 amide bonds. The second-order valence-electron chi connectivity index (χ2n) is 6.54. The van der Waals surface area contributed by atoms with Crippen molar-refractivity contribution in [2.45, 2.75) is 26.4 Å². The fraction of sp³-hybridized carbons (Fsp3) is 0.632. The minimum absolute atomic E-state index is 0.489. The number of ether oxygens (including phenoxy) is 1. The number of guanidine groups is 1. The number of nitrogens with zero attached hydrogens (tertiary/aromatic N) is 3. The molecule has 0 saturated carbocycles. The molecule has 1 saturated heterocycles. The third-order valence-electron chi connectivity index (χ3n) is 4.67. The normalized spacial score (nSPS) is 18.0. The van der Waals surface area contributed by atoms with Crippen molar-refractivity contribution in [1.29, 1.82) is 0 Å². The molecule has 0 spiro atoms. The van der Waals surface area contributed by atoms with Gasteiger partial charge in [0.1, 0.15) is 5.75 Å². The second-order valence-corrected chi connectivity index (χ2v) is 6.54. The van der Waals surface area contributed by atoms with Gasteiger partial charge in [0.15, 0.2) is 5.96 Å². The van der Waals surface area contributed by atoms with Crippen LogP contribution in [0.5, 0.6) is 5.75 Å². The molecule has 1 fully saturated rings. The molecule has 0 radical (unpaired) electrons. The Balaban J connectivity index is 1.79. The minimum atomic E-state index is 0.489. The Hall–Kier alpha value is -1.79. The third-order valence-corrected chi connectivity index (χ3v) is 4.67. The van der Waals surface area contributed by atoms with Crippen LogP contribution < -0.4 is 15.4 Å². The lowest BCUT2D eigenvalue weighted by Crippen LogP contribution is -2.52. The van der Waals surface area contributed by atoms with Crippen LogP contribution in [0, 0.1) is 0 Å². The molecule has 1 unspecified atom stereocenters. The molecule has 6 heteroatoms. The third kappa shape index (κ3) is 6.21. The highest BCUT2D eigenvalue weighted by molar-refractivity contribution is 5.79. The van der Waals surface area contributed by atoms with E-state index in [0.29, 0.717) is 19.2 Å². The molecular weight excluding hydrogens is 314 g/mol. The summed E-state index contributed by atoms with van der Waals surface area (Å²) in [5, 5.41) is 6.82. The van der Waals surface area contributed by atoms with E-state index in [-0.39, 0.29) is 0 Å². The maximum absolute atomic E-state index is 5.68. The summed E-state index contributed by atoms with van der Waals surface area (Å²) < 4.78 is 5.68. The molecule has 1 aliphatic rings. The number of piperazine rings is 1. The first-order chi connectivity index (χ1) is 12.1. The van der Waals surface area contributed by atoms with Gasteiger partial charge in [-0.25, -0.2) is 0 Å². The van der Waals surface area contributed by atoms with Crippen LogP contribution in [-0.4, -0.2) is 75.2 Å². The number of benzene rings is 1. The SMILES string of the molecule is CCOc1ccccc1CNC(=NC)NCC(C)N1CCN(C)CC1. The summed E-state index contributed by atoms with van der Waals surface area (Å²) in [4.78, 5) is 9.25. The predicted octanol–water partition coefficient (Wildman–Crippen LogP) is 1.39. The van der Waals surface area contributed by atoms with Gasteiger partial charge in [-0.2, -0.15) is 0 Å². The predicted molar refractivity (Wildman–Crippen MR) is 104 cm³/mol. The van der Waals surface area contributed by atoms with Gasteiger partial charge < -0.3 is 20.3 Å². The molecule has 140 valence electrons. The lowest BCUT2D eigenvalue weighted by molar-refractivity contribution is 0.120. The van der Waals surface area contributed by atoms with Crippen LogP contribution in [-0.2, 0) is 6.54 Å². The molecule has 1 aromatic rings. The van der Waals surface area contributed by atoms with Crippen LogP contribution in [0.1, 0.15) is 19.4 Å². The maximum Gasteiger partial charge on any atom is 0.191 e. The number of likely N-dealkylation sites (N-methyl/N-ethyl adjacent to an activating group) is 1. The van der Waals surface area contributed by atoms with E-state index in [9.17, 15) is 0 Å². The van der Waals surface area contributed by atoms with Gasteiger partial charge in [0.2, 0.25) is 0 Å². The molecule has 0 aliphatic carbocycles. The molecule has 2 rings (SSSR count). The van der Waals surface area contributed by atoms with Gasteiger partial charge in [0.05, 0.1) is 6.61 Å². The Morgan fingerprint density at radius 1 is 1.20 bits per heavy atom. The highest BCUT2D eigenvalue weighted by atomic mass is 16.5. The summed E-state index contributed by atoms with van der Waals surface area (Å²) in [6.45, 7) is 11.1. The standard InChI is InChI=1S/C19H33N5O/c1-5-25-18-9-7-6-8-17(18)15-22-19(20-3)21-14-16(2)24-12-10-23(4)11-13-24/h6-9,16H,5,10-15H2,1-4H3,(H2,20,21,22). The summed E-state index contributed by atoms with van der Waals surface area (Å²) in [5.41, 5.74) is 1.14. The van der Waals surface area contributed by atoms with Crippen LogP contribution >= 0.6 is 0 Å². The topological polar surface area (TPSA) is 52.1 Å². The quantitative estimate of drug-likeness (QED) is 0.577. The molecule has 25 heavy (non-hydrogen) atoms. The van der Waals surface area contributed by atoms with Gasteiger partial charge in [0, 0.05) is 57.9 Å². The summed E-state index contributed by atoms with van der Waals surface area (Å²) >= 11 is 0. The van der Waals surface area contributed by atoms with Gasteiger partial charge in [-0.3, -0.25) is 9.89 Å². The number of para-hydroxylation sites is 1. The van der Waals surface area contributed by atoms with Crippen molar-refractivity contribution in [3.8, 4) is 5.75 Å².